The molecule has 5 heteroatoms. The molecular weight excluding hydrogens is 268 g/mol. The Morgan fingerprint density at radius 2 is 1.81 bits per heavy atom. The monoisotopic (exact) mass is 296 g/mol. The van der Waals surface area contributed by atoms with Gasteiger partial charge in [-0.1, -0.05) is 20.8 Å². The normalized spacial score (nSPS) is 12.3. The van der Waals surface area contributed by atoms with Crippen LogP contribution in [0, 0.1) is 23.7 Å². The third-order valence-corrected chi connectivity index (χ3v) is 3.49. The van der Waals surface area contributed by atoms with Crippen molar-refractivity contribution in [3.63, 3.8) is 0 Å². The van der Waals surface area contributed by atoms with Gasteiger partial charge in [0.2, 0.25) is 0 Å². The van der Waals surface area contributed by atoms with Crippen LogP contribution < -0.4 is 10.6 Å². The Labute approximate surface area is 127 Å². The van der Waals surface area contributed by atoms with Crippen molar-refractivity contribution in [2.45, 2.75) is 52.9 Å². The molecule has 0 radical (unpaired) electrons. The number of nitrogens with one attached hydrogen (secondary N) is 2. The summed E-state index contributed by atoms with van der Waals surface area (Å²) in [6.45, 7) is 7.40. The van der Waals surface area contributed by atoms with E-state index in [1.807, 2.05) is 0 Å². The average molecular weight is 296 g/mol. The second-order valence-corrected chi connectivity index (χ2v) is 6.27. The molecule has 0 aromatic heterocycles. The first-order valence-electron chi connectivity index (χ1n) is 7.44. The Morgan fingerprint density at radius 1 is 1.19 bits per heavy atom. The number of rotatable bonds is 9. The summed E-state index contributed by atoms with van der Waals surface area (Å²) < 4.78 is 0. The number of carboxylic acids is 1. The minimum atomic E-state index is -0.775. The Bertz CT molecular complexity index is 367. The molecule has 0 spiro atoms. The first kappa shape index (κ1) is 19.3. The van der Waals surface area contributed by atoms with Crippen LogP contribution in [0.1, 0.15) is 52.9 Å². The molecule has 0 aromatic carbocycles. The second kappa shape index (κ2) is 10.1. The Hall–Kier alpha value is -1.70. The standard InChI is InChI=1S/C16H28N2O3/c1-5-6-7-11-17-15(21)18-12-10-13(16(2,3)4)8-9-14(19)20/h1,13H,6-12H2,2-4H3,(H,19,20)(H2,17,18,21). The van der Waals surface area contributed by atoms with Crippen LogP contribution in [0.25, 0.3) is 0 Å². The zero-order chi connectivity index (χ0) is 16.3. The molecule has 0 saturated heterocycles. The number of urea groups is 1. The molecule has 0 bridgehead atoms. The van der Waals surface area contributed by atoms with Gasteiger partial charge in [-0.2, -0.15) is 0 Å². The number of aliphatic carboxylic acids is 1. The highest BCUT2D eigenvalue weighted by Crippen LogP contribution is 2.32. The molecule has 21 heavy (non-hydrogen) atoms. The Balaban J connectivity index is 3.99. The topological polar surface area (TPSA) is 78.4 Å². The molecule has 0 aliphatic carbocycles. The molecule has 120 valence electrons. The van der Waals surface area contributed by atoms with Crippen molar-refractivity contribution in [1.29, 1.82) is 0 Å². The van der Waals surface area contributed by atoms with Crippen molar-refractivity contribution < 1.29 is 14.7 Å². The lowest BCUT2D eigenvalue weighted by Gasteiger charge is -2.30. The van der Waals surface area contributed by atoms with Gasteiger partial charge in [0.05, 0.1) is 0 Å². The Kier molecular flexibility index (Phi) is 9.27. The summed E-state index contributed by atoms with van der Waals surface area (Å²) in [6.07, 6.45) is 8.12. The number of unbranched alkanes of at least 4 members (excludes halogenated alkanes) is 1. The van der Waals surface area contributed by atoms with Crippen LogP contribution in [0.5, 0.6) is 0 Å². The van der Waals surface area contributed by atoms with Crippen LogP contribution in [-0.2, 0) is 4.79 Å². The summed E-state index contributed by atoms with van der Waals surface area (Å²) in [6, 6.07) is -0.196. The largest absolute Gasteiger partial charge is 0.481 e. The van der Waals surface area contributed by atoms with Crippen LogP contribution >= 0.6 is 0 Å². The summed E-state index contributed by atoms with van der Waals surface area (Å²) in [5, 5.41) is 14.3. The quantitative estimate of drug-likeness (QED) is 0.452. The molecule has 0 rings (SSSR count). The van der Waals surface area contributed by atoms with Gasteiger partial charge in [0.1, 0.15) is 0 Å². The zero-order valence-electron chi connectivity index (χ0n) is 13.4. The molecule has 1 unspecified atom stereocenters. The lowest BCUT2D eigenvalue weighted by atomic mass is 9.76. The molecule has 2 amide bonds. The van der Waals surface area contributed by atoms with Crippen LogP contribution in [-0.4, -0.2) is 30.2 Å². The summed E-state index contributed by atoms with van der Waals surface area (Å²) in [5.41, 5.74) is 0.0282. The zero-order valence-corrected chi connectivity index (χ0v) is 13.4. The van der Waals surface area contributed by atoms with E-state index in [9.17, 15) is 9.59 Å². The summed E-state index contributed by atoms with van der Waals surface area (Å²) >= 11 is 0. The second-order valence-electron chi connectivity index (χ2n) is 6.27. The maximum atomic E-state index is 11.5. The van der Waals surface area contributed by atoms with E-state index in [-0.39, 0.29) is 23.8 Å². The molecule has 5 nitrogen and oxygen atoms in total. The first-order chi connectivity index (χ1) is 9.77. The van der Waals surface area contributed by atoms with Gasteiger partial charge in [-0.25, -0.2) is 4.79 Å². The molecule has 0 aromatic rings. The molecule has 0 fully saturated rings. The molecule has 1 atom stereocenters. The summed E-state index contributed by atoms with van der Waals surface area (Å²) in [4.78, 5) is 22.2. The predicted octanol–water partition coefficient (Wildman–Crippen LogP) is 2.62. The average Bonchev–Trinajstić information content (AvgIpc) is 2.37. The minimum absolute atomic E-state index is 0.0282. The molecular formula is C16H28N2O3. The summed E-state index contributed by atoms with van der Waals surface area (Å²) in [7, 11) is 0. The van der Waals surface area contributed by atoms with E-state index in [2.05, 4.69) is 37.3 Å². The minimum Gasteiger partial charge on any atom is -0.481 e. The number of carboxylic acid groups (broad SMARTS) is 1. The highest BCUT2D eigenvalue weighted by molar-refractivity contribution is 5.73. The highest BCUT2D eigenvalue weighted by Gasteiger charge is 2.24. The fraction of sp³-hybridized carbons (Fsp3) is 0.750. The van der Waals surface area contributed by atoms with Crippen LogP contribution in [0.4, 0.5) is 4.79 Å². The number of carbonyl (C=O) groups excluding carboxylic acids is 1. The van der Waals surface area contributed by atoms with Gasteiger partial charge in [-0.05, 0) is 30.6 Å². The smallest absolute Gasteiger partial charge is 0.314 e. The maximum absolute atomic E-state index is 11.5. The number of hydrogen-bond donors (Lipinski definition) is 3. The fourth-order valence-electron chi connectivity index (χ4n) is 2.12. The number of hydrogen-bond acceptors (Lipinski definition) is 2. The van der Waals surface area contributed by atoms with Crippen LogP contribution in [0.15, 0.2) is 0 Å². The van der Waals surface area contributed by atoms with Gasteiger partial charge in [-0.15, -0.1) is 12.3 Å². The van der Waals surface area contributed by atoms with E-state index >= 15 is 0 Å². The third-order valence-electron chi connectivity index (χ3n) is 3.49. The molecule has 0 heterocycles. The van der Waals surface area contributed by atoms with Gasteiger partial charge >= 0.3 is 12.0 Å². The van der Waals surface area contributed by atoms with Crippen LogP contribution in [0.2, 0.25) is 0 Å². The van der Waals surface area contributed by atoms with Crippen molar-refractivity contribution >= 4 is 12.0 Å². The van der Waals surface area contributed by atoms with Crippen molar-refractivity contribution in [3.05, 3.63) is 0 Å². The van der Waals surface area contributed by atoms with Crippen molar-refractivity contribution in [2.24, 2.45) is 11.3 Å². The maximum Gasteiger partial charge on any atom is 0.314 e. The van der Waals surface area contributed by atoms with E-state index < -0.39 is 5.97 Å². The van der Waals surface area contributed by atoms with Gasteiger partial charge < -0.3 is 15.7 Å². The van der Waals surface area contributed by atoms with Gasteiger partial charge in [0.25, 0.3) is 0 Å². The third kappa shape index (κ3) is 10.7. The van der Waals surface area contributed by atoms with Crippen molar-refractivity contribution in [2.75, 3.05) is 13.1 Å². The van der Waals surface area contributed by atoms with Gasteiger partial charge in [0.15, 0.2) is 0 Å². The number of amides is 2. The Morgan fingerprint density at radius 3 is 2.33 bits per heavy atom. The predicted molar refractivity (Wildman–Crippen MR) is 83.9 cm³/mol. The first-order valence-corrected chi connectivity index (χ1v) is 7.44. The molecule has 0 saturated carbocycles. The fourth-order valence-corrected chi connectivity index (χ4v) is 2.12. The van der Waals surface area contributed by atoms with Crippen molar-refractivity contribution in [3.8, 4) is 12.3 Å². The molecule has 3 N–H and O–H groups in total. The number of terminal acetylenes is 1. The van der Waals surface area contributed by atoms with Gasteiger partial charge in [0, 0.05) is 25.9 Å². The highest BCUT2D eigenvalue weighted by atomic mass is 16.4. The van der Waals surface area contributed by atoms with E-state index in [1.165, 1.54) is 0 Å². The number of carbonyl (C=O) groups is 2. The molecule has 0 aliphatic rings. The van der Waals surface area contributed by atoms with E-state index in [1.54, 1.807) is 0 Å². The van der Waals surface area contributed by atoms with Gasteiger partial charge in [-0.3, -0.25) is 4.79 Å². The summed E-state index contributed by atoms with van der Waals surface area (Å²) in [5.74, 6) is 2.00. The van der Waals surface area contributed by atoms with Crippen molar-refractivity contribution in [1.82, 2.24) is 10.6 Å². The van der Waals surface area contributed by atoms with Crippen LogP contribution in [0.3, 0.4) is 0 Å². The van der Waals surface area contributed by atoms with E-state index in [4.69, 9.17) is 11.5 Å². The lowest BCUT2D eigenvalue weighted by Crippen LogP contribution is -2.37. The lowest BCUT2D eigenvalue weighted by molar-refractivity contribution is -0.137. The van der Waals surface area contributed by atoms with E-state index in [0.29, 0.717) is 25.9 Å². The SMILES string of the molecule is C#CCCCNC(=O)NCCC(CCC(=O)O)C(C)(C)C. The van der Waals surface area contributed by atoms with E-state index in [0.717, 1.165) is 12.8 Å². The molecule has 0 aliphatic heterocycles.